The van der Waals surface area contributed by atoms with Crippen LogP contribution >= 0.6 is 0 Å². The number of benzene rings is 1. The molecular weight excluding hydrogens is 329 g/mol. The van der Waals surface area contributed by atoms with Crippen LogP contribution in [-0.4, -0.2) is 28.2 Å². The van der Waals surface area contributed by atoms with Crippen LogP contribution in [0.1, 0.15) is 22.1 Å². The number of hydrogen-bond acceptors (Lipinski definition) is 6. The van der Waals surface area contributed by atoms with Crippen molar-refractivity contribution in [1.82, 2.24) is 9.55 Å². The van der Waals surface area contributed by atoms with Crippen LogP contribution in [0, 0.1) is 12.7 Å². The first-order valence-electron chi connectivity index (χ1n) is 7.56. The summed E-state index contributed by atoms with van der Waals surface area (Å²) in [5.41, 5.74) is 5.99. The van der Waals surface area contributed by atoms with E-state index in [0.29, 0.717) is 5.56 Å². The van der Waals surface area contributed by atoms with Crippen molar-refractivity contribution in [2.45, 2.75) is 19.3 Å². The minimum absolute atomic E-state index is 0.0284. The maximum Gasteiger partial charge on any atom is 0.352 e. The molecule has 2 atom stereocenters. The number of aryl methyl sites for hydroxylation is 1. The van der Waals surface area contributed by atoms with Gasteiger partial charge in [0.1, 0.15) is 12.7 Å². The molecule has 0 spiro atoms. The number of nitrogens with zero attached hydrogens (tertiary/aromatic N) is 2. The molecule has 0 fully saturated rings. The number of carbonyl (C=O) groups is 1. The molecular formula is C17H16FN3O4. The Morgan fingerprint density at radius 1 is 1.36 bits per heavy atom. The molecule has 0 aliphatic carbocycles. The van der Waals surface area contributed by atoms with Gasteiger partial charge in [0, 0.05) is 0 Å². The summed E-state index contributed by atoms with van der Waals surface area (Å²) < 4.78 is 25.2. The molecule has 0 bridgehead atoms. The van der Waals surface area contributed by atoms with Gasteiger partial charge in [-0.1, -0.05) is 23.8 Å². The van der Waals surface area contributed by atoms with Crippen LogP contribution in [0.15, 0.2) is 47.4 Å². The lowest BCUT2D eigenvalue weighted by atomic mass is 10.1. The maximum atomic E-state index is 13.5. The number of nitrogens with two attached hydrogens (primary N) is 1. The van der Waals surface area contributed by atoms with Crippen molar-refractivity contribution in [3.8, 4) is 0 Å². The van der Waals surface area contributed by atoms with Crippen LogP contribution in [-0.2, 0) is 9.47 Å². The number of anilines is 1. The van der Waals surface area contributed by atoms with Gasteiger partial charge in [0.15, 0.2) is 17.9 Å². The molecule has 7 nitrogen and oxygen atoms in total. The van der Waals surface area contributed by atoms with E-state index in [1.54, 1.807) is 24.3 Å². The second-order valence-corrected chi connectivity index (χ2v) is 5.58. The average Bonchev–Trinajstić information content (AvgIpc) is 3.05. The lowest BCUT2D eigenvalue weighted by molar-refractivity contribution is -0.0225. The van der Waals surface area contributed by atoms with Gasteiger partial charge in [-0.15, -0.1) is 0 Å². The van der Waals surface area contributed by atoms with E-state index in [4.69, 9.17) is 15.2 Å². The fraction of sp³-hybridized carbons (Fsp3) is 0.235. The Hall–Kier alpha value is -3.00. The first-order valence-corrected chi connectivity index (χ1v) is 7.56. The fourth-order valence-electron chi connectivity index (χ4n) is 2.31. The van der Waals surface area contributed by atoms with E-state index in [9.17, 15) is 14.0 Å². The van der Waals surface area contributed by atoms with Crippen molar-refractivity contribution in [3.05, 3.63) is 70.0 Å². The van der Waals surface area contributed by atoms with E-state index in [1.165, 1.54) is 0 Å². The molecule has 1 aliphatic heterocycles. The van der Waals surface area contributed by atoms with Crippen LogP contribution in [0.25, 0.3) is 0 Å². The highest BCUT2D eigenvalue weighted by Gasteiger charge is 2.24. The Bertz CT molecular complexity index is 876. The second kappa shape index (κ2) is 6.86. The van der Waals surface area contributed by atoms with Crippen molar-refractivity contribution >= 4 is 11.8 Å². The summed E-state index contributed by atoms with van der Waals surface area (Å²) in [7, 11) is 0. The number of rotatable bonds is 4. The van der Waals surface area contributed by atoms with Gasteiger partial charge in [-0.3, -0.25) is 4.57 Å². The zero-order valence-corrected chi connectivity index (χ0v) is 13.4. The molecule has 2 heterocycles. The quantitative estimate of drug-likeness (QED) is 0.668. The molecule has 3 rings (SSSR count). The molecule has 0 saturated heterocycles. The van der Waals surface area contributed by atoms with Gasteiger partial charge in [0.05, 0.1) is 11.8 Å². The van der Waals surface area contributed by atoms with Gasteiger partial charge < -0.3 is 15.2 Å². The number of ether oxygens (including phenoxy) is 2. The zero-order chi connectivity index (χ0) is 18.0. The molecule has 1 aliphatic rings. The molecule has 1 aromatic carbocycles. The summed E-state index contributed by atoms with van der Waals surface area (Å²) in [5, 5.41) is 0. The summed E-state index contributed by atoms with van der Waals surface area (Å²) >= 11 is 0. The highest BCUT2D eigenvalue weighted by atomic mass is 19.1. The third-order valence-corrected chi connectivity index (χ3v) is 3.68. The second-order valence-electron chi connectivity index (χ2n) is 5.58. The SMILES string of the molecule is Cc1ccc(C(=O)OC[C@H]2C=C[C@@H](n3cc(F)c(N)nc3=O)O2)cc1. The summed E-state index contributed by atoms with van der Waals surface area (Å²) in [6, 6.07) is 6.98. The number of esters is 1. The molecule has 1 aromatic heterocycles. The van der Waals surface area contributed by atoms with Gasteiger partial charge in [-0.2, -0.15) is 4.98 Å². The van der Waals surface area contributed by atoms with Crippen molar-refractivity contribution < 1.29 is 18.7 Å². The van der Waals surface area contributed by atoms with Gasteiger partial charge >= 0.3 is 11.7 Å². The Kier molecular flexibility index (Phi) is 4.62. The largest absolute Gasteiger partial charge is 0.459 e. The predicted molar refractivity (Wildman–Crippen MR) is 87.4 cm³/mol. The van der Waals surface area contributed by atoms with E-state index in [0.717, 1.165) is 16.3 Å². The summed E-state index contributed by atoms with van der Waals surface area (Å²) in [6.07, 6.45) is 2.74. The third-order valence-electron chi connectivity index (χ3n) is 3.68. The molecule has 2 aromatic rings. The average molecular weight is 345 g/mol. The Labute approximate surface area is 142 Å². The molecule has 0 amide bonds. The number of nitrogen functional groups attached to an aromatic ring is 1. The molecule has 25 heavy (non-hydrogen) atoms. The minimum atomic E-state index is -0.835. The molecule has 0 radical (unpaired) electrons. The summed E-state index contributed by atoms with van der Waals surface area (Å²) in [5.74, 6) is -1.75. The Balaban J connectivity index is 1.60. The Morgan fingerprint density at radius 3 is 2.80 bits per heavy atom. The van der Waals surface area contributed by atoms with Crippen LogP contribution < -0.4 is 11.4 Å². The van der Waals surface area contributed by atoms with Crippen LogP contribution in [0.4, 0.5) is 10.2 Å². The van der Waals surface area contributed by atoms with E-state index in [2.05, 4.69) is 4.98 Å². The first-order chi connectivity index (χ1) is 11.9. The number of carbonyl (C=O) groups excluding carboxylic acids is 1. The van der Waals surface area contributed by atoms with E-state index in [1.807, 2.05) is 19.1 Å². The van der Waals surface area contributed by atoms with Crippen molar-refractivity contribution in [3.63, 3.8) is 0 Å². The zero-order valence-electron chi connectivity index (χ0n) is 13.4. The standard InChI is InChI=1S/C17H16FN3O4/c1-10-2-4-11(5-3-10)16(22)24-9-12-6-7-14(25-12)21-8-13(18)15(19)20-17(21)23/h2-8,12,14H,9H2,1H3,(H2,19,20,23)/t12-,14+/m1/s1. The fourth-order valence-corrected chi connectivity index (χ4v) is 2.31. The molecule has 130 valence electrons. The highest BCUT2D eigenvalue weighted by molar-refractivity contribution is 5.89. The number of halogens is 1. The van der Waals surface area contributed by atoms with Crippen LogP contribution in [0.3, 0.4) is 0 Å². The minimum Gasteiger partial charge on any atom is -0.459 e. The monoisotopic (exact) mass is 345 g/mol. The summed E-state index contributed by atoms with van der Waals surface area (Å²) in [4.78, 5) is 27.1. The Morgan fingerprint density at radius 2 is 2.08 bits per heavy atom. The normalized spacial score (nSPS) is 19.1. The molecule has 8 heteroatoms. The topological polar surface area (TPSA) is 96.4 Å². The molecule has 0 unspecified atom stereocenters. The van der Waals surface area contributed by atoms with E-state index >= 15 is 0 Å². The number of hydrogen-bond donors (Lipinski definition) is 1. The van der Waals surface area contributed by atoms with Gasteiger partial charge in [-0.05, 0) is 25.1 Å². The molecule has 2 N–H and O–H groups in total. The first kappa shape index (κ1) is 16.8. The van der Waals surface area contributed by atoms with Gasteiger partial charge in [0.25, 0.3) is 0 Å². The maximum absolute atomic E-state index is 13.5. The smallest absolute Gasteiger partial charge is 0.352 e. The lowest BCUT2D eigenvalue weighted by Crippen LogP contribution is -2.29. The van der Waals surface area contributed by atoms with Gasteiger partial charge in [0.2, 0.25) is 0 Å². The number of aromatic nitrogens is 2. The van der Waals surface area contributed by atoms with Crippen molar-refractivity contribution in [2.24, 2.45) is 0 Å². The molecule has 0 saturated carbocycles. The summed E-state index contributed by atoms with van der Waals surface area (Å²) in [6.45, 7) is 1.89. The van der Waals surface area contributed by atoms with Crippen molar-refractivity contribution in [2.75, 3.05) is 12.3 Å². The van der Waals surface area contributed by atoms with Crippen LogP contribution in [0.5, 0.6) is 0 Å². The predicted octanol–water partition coefficient (Wildman–Crippen LogP) is 1.58. The van der Waals surface area contributed by atoms with Crippen molar-refractivity contribution in [1.29, 1.82) is 0 Å². The van der Waals surface area contributed by atoms with Gasteiger partial charge in [-0.25, -0.2) is 14.0 Å². The van der Waals surface area contributed by atoms with Crippen LogP contribution in [0.2, 0.25) is 0 Å². The lowest BCUT2D eigenvalue weighted by Gasteiger charge is -2.16. The van der Waals surface area contributed by atoms with E-state index < -0.39 is 35.6 Å². The van der Waals surface area contributed by atoms with E-state index in [-0.39, 0.29) is 6.61 Å². The third kappa shape index (κ3) is 3.74. The highest BCUT2D eigenvalue weighted by Crippen LogP contribution is 2.21.